The molecule has 0 aliphatic carbocycles. The van der Waals surface area contributed by atoms with Crippen LogP contribution >= 0.6 is 0 Å². The molecular weight excluding hydrogens is 350 g/mol. The Bertz CT molecular complexity index is 817. The summed E-state index contributed by atoms with van der Waals surface area (Å²) in [6.45, 7) is -0.00109. The largest absolute Gasteiger partial charge is 0.462 e. The van der Waals surface area contributed by atoms with E-state index in [1.807, 2.05) is 0 Å². The zero-order chi connectivity index (χ0) is 18.8. The second kappa shape index (κ2) is 6.87. The quantitative estimate of drug-likeness (QED) is 0.353. The summed E-state index contributed by atoms with van der Waals surface area (Å²) in [4.78, 5) is 21.9. The van der Waals surface area contributed by atoms with E-state index in [0.717, 1.165) is 18.5 Å². The van der Waals surface area contributed by atoms with Crippen LogP contribution in [0.1, 0.15) is 17.3 Å². The number of carbonyl (C=O) groups excluding carboxylic acids is 1. The first-order chi connectivity index (χ1) is 11.6. The summed E-state index contributed by atoms with van der Waals surface area (Å²) >= 11 is 0. The van der Waals surface area contributed by atoms with Gasteiger partial charge in [-0.05, 0) is 6.92 Å². The van der Waals surface area contributed by atoms with Crippen LogP contribution in [-0.2, 0) is 11.3 Å². The molecule has 0 atom stereocenters. The van der Waals surface area contributed by atoms with Gasteiger partial charge in [0.05, 0.1) is 29.4 Å². The molecule has 0 aliphatic heterocycles. The van der Waals surface area contributed by atoms with Gasteiger partial charge in [-0.15, -0.1) is 0 Å². The number of carbonyl (C=O) groups is 1. The molecule has 0 aliphatic rings. The van der Waals surface area contributed by atoms with Crippen LogP contribution in [0.25, 0.3) is 11.1 Å². The van der Waals surface area contributed by atoms with Crippen LogP contribution in [0.2, 0.25) is 0 Å². The molecule has 1 aromatic heterocycles. The summed E-state index contributed by atoms with van der Waals surface area (Å²) in [5, 5.41) is 14.3. The van der Waals surface area contributed by atoms with E-state index >= 15 is 0 Å². The van der Waals surface area contributed by atoms with Gasteiger partial charge in [0.25, 0.3) is 5.69 Å². The van der Waals surface area contributed by atoms with Crippen molar-refractivity contribution in [3.8, 4) is 11.1 Å². The van der Waals surface area contributed by atoms with Crippen LogP contribution in [0.4, 0.5) is 23.2 Å². The van der Waals surface area contributed by atoms with Crippen molar-refractivity contribution >= 4 is 11.7 Å². The molecule has 2 rings (SSSR count). The minimum atomic E-state index is -4.54. The third kappa shape index (κ3) is 4.31. The fourth-order valence-corrected chi connectivity index (χ4v) is 2.12. The number of aromatic nitrogens is 2. The first-order valence-corrected chi connectivity index (χ1v) is 6.87. The third-order valence-electron chi connectivity index (χ3n) is 3.04. The number of alkyl halides is 3. The van der Waals surface area contributed by atoms with Crippen LogP contribution in [0.5, 0.6) is 0 Å². The van der Waals surface area contributed by atoms with Crippen LogP contribution < -0.4 is 0 Å². The fraction of sp³-hybridized carbons (Fsp3) is 0.286. The number of nitro benzene ring substituents is 1. The molecule has 0 fully saturated rings. The van der Waals surface area contributed by atoms with E-state index in [1.54, 1.807) is 0 Å². The van der Waals surface area contributed by atoms with E-state index < -0.39 is 46.2 Å². The van der Waals surface area contributed by atoms with Gasteiger partial charge in [0.2, 0.25) is 0 Å². The van der Waals surface area contributed by atoms with Crippen molar-refractivity contribution in [2.45, 2.75) is 19.6 Å². The van der Waals surface area contributed by atoms with Gasteiger partial charge in [-0.25, -0.2) is 9.18 Å². The van der Waals surface area contributed by atoms with E-state index in [4.69, 9.17) is 4.74 Å². The molecule has 0 radical (unpaired) electrons. The lowest BCUT2D eigenvalue weighted by Crippen LogP contribution is -2.17. The second-order valence-corrected chi connectivity index (χ2v) is 4.87. The highest BCUT2D eigenvalue weighted by Gasteiger charge is 2.29. The monoisotopic (exact) mass is 361 g/mol. The number of ether oxygens (including phenoxy) is 1. The van der Waals surface area contributed by atoms with Crippen molar-refractivity contribution < 1.29 is 32.0 Å². The van der Waals surface area contributed by atoms with Crippen molar-refractivity contribution in [3.63, 3.8) is 0 Å². The molecule has 7 nitrogen and oxygen atoms in total. The van der Waals surface area contributed by atoms with E-state index in [-0.39, 0.29) is 12.2 Å². The summed E-state index contributed by atoms with van der Waals surface area (Å²) in [7, 11) is 0. The number of hydrogen-bond donors (Lipinski definition) is 0. The van der Waals surface area contributed by atoms with Gasteiger partial charge >= 0.3 is 12.1 Å². The third-order valence-corrected chi connectivity index (χ3v) is 3.04. The Morgan fingerprint density at radius 2 is 2.08 bits per heavy atom. The summed E-state index contributed by atoms with van der Waals surface area (Å²) in [5.74, 6) is -2.19. The average Bonchev–Trinajstić information content (AvgIpc) is 2.92. The maximum absolute atomic E-state index is 14.3. The average molecular weight is 361 g/mol. The van der Waals surface area contributed by atoms with Crippen molar-refractivity contribution in [2.24, 2.45) is 0 Å². The van der Waals surface area contributed by atoms with Crippen LogP contribution in [0.15, 0.2) is 24.5 Å². The molecule has 2 aromatic rings. The highest BCUT2D eigenvalue weighted by molar-refractivity contribution is 5.98. The number of non-ortho nitro benzene ring substituents is 1. The van der Waals surface area contributed by atoms with Crippen LogP contribution in [0, 0.1) is 15.9 Å². The highest BCUT2D eigenvalue weighted by Crippen LogP contribution is 2.31. The topological polar surface area (TPSA) is 87.3 Å². The summed E-state index contributed by atoms with van der Waals surface area (Å²) in [5.41, 5.74) is -1.72. The molecule has 25 heavy (non-hydrogen) atoms. The number of rotatable bonds is 5. The normalized spacial score (nSPS) is 11.4. The first-order valence-electron chi connectivity index (χ1n) is 6.87. The fourth-order valence-electron chi connectivity index (χ4n) is 2.12. The van der Waals surface area contributed by atoms with Gasteiger partial charge in [0.15, 0.2) is 0 Å². The Morgan fingerprint density at radius 3 is 2.64 bits per heavy atom. The van der Waals surface area contributed by atoms with E-state index in [2.05, 4.69) is 5.10 Å². The molecule has 0 saturated carbocycles. The van der Waals surface area contributed by atoms with Crippen molar-refractivity contribution in [1.29, 1.82) is 0 Å². The standard InChI is InChI=1S/C14H11F4N3O4/c1-2-25-13(22)10-3-9(21(23)24)4-11(15)12(10)8-5-19-20(6-8)7-14(16,17)18/h3-6H,2,7H2,1H3. The molecule has 11 heteroatoms. The number of halogens is 4. The number of benzene rings is 1. The van der Waals surface area contributed by atoms with Gasteiger partial charge in [0, 0.05) is 23.4 Å². The molecule has 0 bridgehead atoms. The van der Waals surface area contributed by atoms with E-state index in [9.17, 15) is 32.5 Å². The van der Waals surface area contributed by atoms with Gasteiger partial charge < -0.3 is 4.74 Å². The predicted molar refractivity (Wildman–Crippen MR) is 76.3 cm³/mol. The molecule has 0 saturated heterocycles. The van der Waals surface area contributed by atoms with Crippen molar-refractivity contribution in [3.05, 3.63) is 46.0 Å². The molecule has 0 spiro atoms. The lowest BCUT2D eigenvalue weighted by molar-refractivity contribution is -0.385. The van der Waals surface area contributed by atoms with Gasteiger partial charge in [-0.2, -0.15) is 18.3 Å². The van der Waals surface area contributed by atoms with Gasteiger partial charge in [-0.1, -0.05) is 0 Å². The second-order valence-electron chi connectivity index (χ2n) is 4.87. The van der Waals surface area contributed by atoms with E-state index in [0.29, 0.717) is 10.7 Å². The molecule has 1 aromatic carbocycles. The molecule has 134 valence electrons. The number of nitro groups is 1. The molecule has 0 N–H and O–H groups in total. The van der Waals surface area contributed by atoms with Gasteiger partial charge in [0.1, 0.15) is 12.4 Å². The maximum atomic E-state index is 14.3. The number of nitrogens with zero attached hydrogens (tertiary/aromatic N) is 3. The van der Waals surface area contributed by atoms with Crippen LogP contribution in [0.3, 0.4) is 0 Å². The molecule has 0 unspecified atom stereocenters. The molecule has 1 heterocycles. The minimum absolute atomic E-state index is 0.0735. The predicted octanol–water partition coefficient (Wildman–Crippen LogP) is 3.34. The summed E-state index contributed by atoms with van der Waals surface area (Å²) in [6.07, 6.45) is -2.72. The minimum Gasteiger partial charge on any atom is -0.462 e. The van der Waals surface area contributed by atoms with E-state index in [1.165, 1.54) is 6.92 Å². The number of esters is 1. The Morgan fingerprint density at radius 1 is 1.40 bits per heavy atom. The Labute approximate surface area is 138 Å². The highest BCUT2D eigenvalue weighted by atomic mass is 19.4. The lowest BCUT2D eigenvalue weighted by atomic mass is 10.0. The summed E-state index contributed by atoms with van der Waals surface area (Å²) < 4.78 is 56.8. The maximum Gasteiger partial charge on any atom is 0.408 e. The van der Waals surface area contributed by atoms with Gasteiger partial charge in [-0.3, -0.25) is 14.8 Å². The lowest BCUT2D eigenvalue weighted by Gasteiger charge is -2.09. The SMILES string of the molecule is CCOC(=O)c1cc([N+](=O)[O-])cc(F)c1-c1cnn(CC(F)(F)F)c1. The first kappa shape index (κ1) is 18.4. The van der Waals surface area contributed by atoms with Crippen LogP contribution in [-0.4, -0.2) is 33.5 Å². The Balaban J connectivity index is 2.56. The summed E-state index contributed by atoms with van der Waals surface area (Å²) in [6, 6.07) is 1.37. The molecular formula is C14H11F4N3O4. The molecule has 0 amide bonds. The zero-order valence-corrected chi connectivity index (χ0v) is 12.7. The Kier molecular flexibility index (Phi) is 5.04. The van der Waals surface area contributed by atoms with Crippen molar-refractivity contribution in [1.82, 2.24) is 9.78 Å². The van der Waals surface area contributed by atoms with Crippen molar-refractivity contribution in [2.75, 3.05) is 6.61 Å². The smallest absolute Gasteiger partial charge is 0.408 e. The zero-order valence-electron chi connectivity index (χ0n) is 12.7. The Hall–Kier alpha value is -2.98. The number of hydrogen-bond acceptors (Lipinski definition) is 5.